The molecule has 0 fully saturated rings. The summed E-state index contributed by atoms with van der Waals surface area (Å²) < 4.78 is 0. The summed E-state index contributed by atoms with van der Waals surface area (Å²) in [5.74, 6) is 0. The van der Waals surface area contributed by atoms with Crippen molar-refractivity contribution in [2.75, 3.05) is 0 Å². The molecule has 0 amide bonds. The van der Waals surface area contributed by atoms with Gasteiger partial charge in [-0.2, -0.15) is 0 Å². The highest BCUT2D eigenvalue weighted by Gasteiger charge is 2.59. The molecule has 0 spiro atoms. The highest BCUT2D eigenvalue weighted by atomic mass is 29.9. The summed E-state index contributed by atoms with van der Waals surface area (Å²) in [4.78, 5) is 0. The number of hydrogen-bond donors (Lipinski definition) is 0. The minimum absolute atomic E-state index is 1.19. The van der Waals surface area contributed by atoms with E-state index in [1.54, 1.807) is 0 Å². The lowest BCUT2D eigenvalue weighted by Gasteiger charge is -2.55. The largest absolute Gasteiger partial charge is 0.101 e. The first-order valence-corrected chi connectivity index (χ1v) is 23.6. The first kappa shape index (κ1) is 18.9. The van der Waals surface area contributed by atoms with Gasteiger partial charge >= 0.3 is 0 Å². The van der Waals surface area contributed by atoms with Gasteiger partial charge in [0.15, 0.2) is 0 Å². The van der Waals surface area contributed by atoms with Crippen LogP contribution in [0.25, 0.3) is 6.08 Å². The molecule has 0 nitrogen and oxygen atoms in total. The van der Waals surface area contributed by atoms with E-state index in [0.29, 0.717) is 0 Å². The molecule has 0 atom stereocenters. The maximum Gasteiger partial charge on any atom is 0.0598 e. The Kier molecular flexibility index (Phi) is 5.52. The van der Waals surface area contributed by atoms with Crippen LogP contribution in [0.2, 0.25) is 58.9 Å². The van der Waals surface area contributed by atoms with Crippen LogP contribution in [-0.4, -0.2) is 29.4 Å². The Morgan fingerprint density at radius 2 is 1.00 bits per heavy atom. The SMILES string of the molecule is C[Si](C)(C)[Si](/C=C\c1ccccc1)([Si](C)(C)C)[Si](C)(C)C. The maximum atomic E-state index is 2.80. The van der Waals surface area contributed by atoms with Crippen LogP contribution in [0.4, 0.5) is 0 Å². The van der Waals surface area contributed by atoms with Crippen LogP contribution in [0, 0.1) is 0 Å². The Morgan fingerprint density at radius 1 is 0.619 bits per heavy atom. The molecule has 0 radical (unpaired) electrons. The molecule has 0 aromatic heterocycles. The number of hydrogen-bond acceptors (Lipinski definition) is 0. The van der Waals surface area contributed by atoms with E-state index in [1.165, 1.54) is 5.56 Å². The second-order valence-corrected chi connectivity index (χ2v) is 49.8. The molecule has 118 valence electrons. The molecule has 0 N–H and O–H groups in total. The standard InChI is InChI=1S/C17H34Si4/c1-18(2,3)21(19(4,5)6,20(7,8)9)16-15-17-13-11-10-12-14-17/h10-16H,1-9H3/b16-15-. The Labute approximate surface area is 136 Å². The molecule has 0 aliphatic carbocycles. The van der Waals surface area contributed by atoms with Gasteiger partial charge in [0.05, 0.1) is 6.63 Å². The molecule has 0 unspecified atom stereocenters. The summed E-state index contributed by atoms with van der Waals surface area (Å²) in [6.07, 6.45) is 2.47. The van der Waals surface area contributed by atoms with Gasteiger partial charge in [0, 0.05) is 22.8 Å². The highest BCUT2D eigenvalue weighted by molar-refractivity contribution is 7.90. The molecular formula is C17H34Si4. The second kappa shape index (κ2) is 6.14. The summed E-state index contributed by atoms with van der Waals surface area (Å²) in [5.41, 5.74) is 4.18. The summed E-state index contributed by atoms with van der Waals surface area (Å²) in [6.45, 7) is 22.4. The van der Waals surface area contributed by atoms with Crippen molar-refractivity contribution in [3.8, 4) is 0 Å². The van der Waals surface area contributed by atoms with E-state index in [0.717, 1.165) is 0 Å². The molecular weight excluding hydrogens is 317 g/mol. The minimum atomic E-state index is -1.35. The van der Waals surface area contributed by atoms with E-state index in [9.17, 15) is 0 Å². The Balaban J connectivity index is 3.49. The quantitative estimate of drug-likeness (QED) is 0.577. The average molecular weight is 351 g/mol. The number of rotatable bonds is 5. The van der Waals surface area contributed by atoms with Crippen molar-refractivity contribution in [1.82, 2.24) is 0 Å². The lowest BCUT2D eigenvalue weighted by Crippen LogP contribution is -2.81. The van der Waals surface area contributed by atoms with Gasteiger partial charge in [-0.3, -0.25) is 0 Å². The summed E-state index contributed by atoms with van der Waals surface area (Å²) in [6, 6.07) is 10.9. The lowest BCUT2D eigenvalue weighted by molar-refractivity contribution is 1.66. The zero-order valence-corrected chi connectivity index (χ0v) is 19.5. The van der Waals surface area contributed by atoms with Crippen molar-refractivity contribution in [1.29, 1.82) is 0 Å². The van der Waals surface area contributed by atoms with E-state index in [2.05, 4.69) is 101 Å². The molecule has 0 saturated carbocycles. The van der Waals surface area contributed by atoms with Gasteiger partial charge in [-0.15, -0.1) is 5.70 Å². The highest BCUT2D eigenvalue weighted by Crippen LogP contribution is 2.38. The molecule has 0 saturated heterocycles. The van der Waals surface area contributed by atoms with Crippen molar-refractivity contribution in [2.24, 2.45) is 0 Å². The van der Waals surface area contributed by atoms with E-state index in [1.807, 2.05) is 0 Å². The molecule has 0 bridgehead atoms. The van der Waals surface area contributed by atoms with Crippen molar-refractivity contribution >= 4 is 35.5 Å². The van der Waals surface area contributed by atoms with Crippen LogP contribution in [0.15, 0.2) is 36.0 Å². The average Bonchev–Trinajstić information content (AvgIpc) is 2.25. The number of benzene rings is 1. The zero-order valence-electron chi connectivity index (χ0n) is 15.5. The summed E-state index contributed by atoms with van der Waals surface area (Å²) >= 11 is 0. The van der Waals surface area contributed by atoms with Gasteiger partial charge in [0.1, 0.15) is 0 Å². The van der Waals surface area contributed by atoms with E-state index >= 15 is 0 Å². The molecule has 21 heavy (non-hydrogen) atoms. The van der Waals surface area contributed by atoms with Gasteiger partial charge in [0.25, 0.3) is 0 Å². The normalized spacial score (nSPS) is 14.7. The predicted octanol–water partition coefficient (Wildman–Crippen LogP) is 5.94. The molecule has 0 heterocycles. The lowest BCUT2D eigenvalue weighted by atomic mass is 10.2. The molecule has 0 aliphatic heterocycles. The van der Waals surface area contributed by atoms with Crippen LogP contribution in [-0.2, 0) is 0 Å². The molecule has 1 aromatic rings. The zero-order chi connectivity index (χ0) is 16.5. The first-order valence-electron chi connectivity index (χ1n) is 8.07. The smallest absolute Gasteiger partial charge is 0.0598 e. The third-order valence-electron chi connectivity index (χ3n) is 4.87. The Hall–Kier alpha value is -0.172. The van der Waals surface area contributed by atoms with E-state index in [4.69, 9.17) is 0 Å². The van der Waals surface area contributed by atoms with Gasteiger partial charge in [-0.1, -0.05) is 95.3 Å². The third-order valence-corrected chi connectivity index (χ3v) is 75.9. The van der Waals surface area contributed by atoms with Crippen molar-refractivity contribution in [2.45, 2.75) is 58.9 Å². The fraction of sp³-hybridized carbons (Fsp3) is 0.529. The van der Waals surface area contributed by atoms with Crippen LogP contribution >= 0.6 is 0 Å². The van der Waals surface area contributed by atoms with Gasteiger partial charge < -0.3 is 0 Å². The fourth-order valence-corrected chi connectivity index (χ4v) is 99.9. The summed E-state index contributed by atoms with van der Waals surface area (Å²) in [5, 5.41) is 0. The van der Waals surface area contributed by atoms with Crippen molar-refractivity contribution in [3.05, 3.63) is 41.6 Å². The second-order valence-electron chi connectivity index (χ2n) is 9.30. The first-order chi connectivity index (χ1) is 9.33. The Bertz CT molecular complexity index is 448. The van der Waals surface area contributed by atoms with E-state index < -0.39 is 29.4 Å². The van der Waals surface area contributed by atoms with Crippen molar-refractivity contribution in [3.63, 3.8) is 0 Å². The summed E-state index contributed by atoms with van der Waals surface area (Å²) in [7, 11) is -3.56. The monoisotopic (exact) mass is 350 g/mol. The van der Waals surface area contributed by atoms with Gasteiger partial charge in [-0.05, 0) is 5.56 Å². The van der Waals surface area contributed by atoms with E-state index in [-0.39, 0.29) is 0 Å². The molecule has 4 heteroatoms. The van der Waals surface area contributed by atoms with Gasteiger partial charge in [0.2, 0.25) is 0 Å². The molecule has 1 rings (SSSR count). The van der Waals surface area contributed by atoms with Crippen molar-refractivity contribution < 1.29 is 0 Å². The molecule has 0 aliphatic rings. The topological polar surface area (TPSA) is 0 Å². The van der Waals surface area contributed by atoms with Crippen LogP contribution in [0.5, 0.6) is 0 Å². The minimum Gasteiger partial charge on any atom is -0.101 e. The molecule has 1 aromatic carbocycles. The fourth-order valence-electron chi connectivity index (χ4n) is 4.91. The predicted molar refractivity (Wildman–Crippen MR) is 111 cm³/mol. The van der Waals surface area contributed by atoms with Crippen LogP contribution < -0.4 is 0 Å². The van der Waals surface area contributed by atoms with Crippen LogP contribution in [0.3, 0.4) is 0 Å². The van der Waals surface area contributed by atoms with Gasteiger partial charge in [-0.25, -0.2) is 0 Å². The Morgan fingerprint density at radius 3 is 1.33 bits per heavy atom. The van der Waals surface area contributed by atoms with Crippen LogP contribution in [0.1, 0.15) is 5.56 Å². The third kappa shape index (κ3) is 3.78. The maximum absolute atomic E-state index is 2.80.